The SMILES string of the molecule is CC(C)(C)OC(=O)NCc1cccc(C(=O)NCC(SCc2ccccc2)C(=O)NCC#N)c1. The highest BCUT2D eigenvalue weighted by atomic mass is 32.2. The minimum absolute atomic E-state index is 0.0954. The third-order valence-electron chi connectivity index (χ3n) is 4.40. The summed E-state index contributed by atoms with van der Waals surface area (Å²) in [6.07, 6.45) is -0.538. The van der Waals surface area contributed by atoms with Gasteiger partial charge in [0.25, 0.3) is 5.91 Å². The Labute approximate surface area is 204 Å². The molecule has 0 spiro atoms. The Bertz CT molecular complexity index is 1020. The number of carbonyl (C=O) groups is 3. The molecule has 34 heavy (non-hydrogen) atoms. The van der Waals surface area contributed by atoms with Crippen LogP contribution in [0, 0.1) is 11.3 Å². The van der Waals surface area contributed by atoms with Crippen molar-refractivity contribution >= 4 is 29.7 Å². The number of amides is 3. The molecule has 1 unspecified atom stereocenters. The Hall–Kier alpha value is -3.51. The quantitative estimate of drug-likeness (QED) is 0.447. The highest BCUT2D eigenvalue weighted by Crippen LogP contribution is 2.18. The van der Waals surface area contributed by atoms with Crippen molar-refractivity contribution in [2.45, 2.75) is 43.9 Å². The van der Waals surface area contributed by atoms with Gasteiger partial charge in [0, 0.05) is 24.4 Å². The third kappa shape index (κ3) is 9.96. The lowest BCUT2D eigenvalue weighted by Crippen LogP contribution is -2.41. The molecule has 0 aromatic heterocycles. The highest BCUT2D eigenvalue weighted by Gasteiger charge is 2.20. The van der Waals surface area contributed by atoms with Crippen molar-refractivity contribution in [3.05, 3.63) is 71.3 Å². The van der Waals surface area contributed by atoms with E-state index in [9.17, 15) is 14.4 Å². The molecule has 180 valence electrons. The number of nitrogens with one attached hydrogen (secondary N) is 3. The number of carbonyl (C=O) groups excluding carboxylic acids is 3. The topological polar surface area (TPSA) is 120 Å². The largest absolute Gasteiger partial charge is 0.444 e. The molecule has 8 nitrogen and oxygen atoms in total. The molecular weight excluding hydrogens is 452 g/mol. The summed E-state index contributed by atoms with van der Waals surface area (Å²) in [5.41, 5.74) is 1.61. The smallest absolute Gasteiger partial charge is 0.407 e. The van der Waals surface area contributed by atoms with Crippen LogP contribution in [-0.2, 0) is 21.8 Å². The van der Waals surface area contributed by atoms with Crippen molar-refractivity contribution in [1.29, 1.82) is 5.26 Å². The number of thioether (sulfide) groups is 1. The number of benzene rings is 2. The molecule has 0 aliphatic rings. The van der Waals surface area contributed by atoms with Crippen LogP contribution in [0.15, 0.2) is 54.6 Å². The molecule has 0 aliphatic heterocycles. The molecule has 2 rings (SSSR count). The normalized spacial score (nSPS) is 11.6. The minimum Gasteiger partial charge on any atom is -0.444 e. The number of hydrogen-bond acceptors (Lipinski definition) is 6. The van der Waals surface area contributed by atoms with E-state index in [1.807, 2.05) is 36.4 Å². The van der Waals surface area contributed by atoms with Crippen LogP contribution in [-0.4, -0.2) is 41.8 Å². The van der Waals surface area contributed by atoms with Crippen molar-refractivity contribution in [2.24, 2.45) is 0 Å². The van der Waals surface area contributed by atoms with Crippen LogP contribution in [0.5, 0.6) is 0 Å². The number of nitrogens with zero attached hydrogens (tertiary/aromatic N) is 1. The van der Waals surface area contributed by atoms with Crippen molar-refractivity contribution < 1.29 is 19.1 Å². The first-order valence-corrected chi connectivity index (χ1v) is 11.9. The summed E-state index contributed by atoms with van der Waals surface area (Å²) in [6.45, 7) is 5.56. The summed E-state index contributed by atoms with van der Waals surface area (Å²) in [5, 5.41) is 16.2. The standard InChI is InChI=1S/C25H30N4O4S/c1-25(2,3)33-24(32)29-15-19-10-7-11-20(14-19)22(30)28-16-21(23(31)27-13-12-26)34-17-18-8-5-4-6-9-18/h4-11,14,21H,13,15-17H2,1-3H3,(H,27,31)(H,28,30)(H,29,32). The van der Waals surface area contributed by atoms with Gasteiger partial charge in [0.2, 0.25) is 5.91 Å². The average molecular weight is 483 g/mol. The maximum absolute atomic E-state index is 12.7. The second-order valence-electron chi connectivity index (χ2n) is 8.43. The van der Waals surface area contributed by atoms with E-state index in [0.29, 0.717) is 11.3 Å². The van der Waals surface area contributed by atoms with Gasteiger partial charge in [-0.05, 0) is 44.0 Å². The Kier molecular flexibility index (Phi) is 10.4. The van der Waals surface area contributed by atoms with Gasteiger partial charge in [-0.3, -0.25) is 9.59 Å². The van der Waals surface area contributed by atoms with E-state index in [2.05, 4.69) is 16.0 Å². The molecule has 0 saturated carbocycles. The van der Waals surface area contributed by atoms with Gasteiger partial charge < -0.3 is 20.7 Å². The van der Waals surface area contributed by atoms with Crippen molar-refractivity contribution in [3.63, 3.8) is 0 Å². The van der Waals surface area contributed by atoms with Crippen LogP contribution in [0.2, 0.25) is 0 Å². The molecule has 3 amide bonds. The maximum atomic E-state index is 12.7. The molecule has 1 atom stereocenters. The maximum Gasteiger partial charge on any atom is 0.407 e. The van der Waals surface area contributed by atoms with Gasteiger partial charge in [-0.2, -0.15) is 5.26 Å². The highest BCUT2D eigenvalue weighted by molar-refractivity contribution is 7.99. The first-order valence-electron chi connectivity index (χ1n) is 10.8. The molecule has 0 radical (unpaired) electrons. The van der Waals surface area contributed by atoms with Gasteiger partial charge in [0.1, 0.15) is 17.4 Å². The fourth-order valence-corrected chi connectivity index (χ4v) is 3.86. The molecule has 2 aromatic rings. The summed E-state index contributed by atoms with van der Waals surface area (Å²) < 4.78 is 5.22. The predicted octanol–water partition coefficient (Wildman–Crippen LogP) is 3.38. The van der Waals surface area contributed by atoms with Crippen LogP contribution in [0.3, 0.4) is 0 Å². The predicted molar refractivity (Wildman–Crippen MR) is 132 cm³/mol. The number of hydrogen-bond donors (Lipinski definition) is 3. The van der Waals surface area contributed by atoms with E-state index in [1.54, 1.807) is 45.0 Å². The summed E-state index contributed by atoms with van der Waals surface area (Å²) in [7, 11) is 0. The molecule has 0 fully saturated rings. The van der Waals surface area contributed by atoms with E-state index in [4.69, 9.17) is 10.00 Å². The van der Waals surface area contributed by atoms with E-state index in [-0.39, 0.29) is 31.4 Å². The van der Waals surface area contributed by atoms with E-state index >= 15 is 0 Å². The van der Waals surface area contributed by atoms with Gasteiger partial charge in [0.15, 0.2) is 0 Å². The van der Waals surface area contributed by atoms with Gasteiger partial charge in [-0.15, -0.1) is 11.8 Å². The van der Waals surface area contributed by atoms with Crippen LogP contribution in [0.1, 0.15) is 42.3 Å². The fraction of sp³-hybridized carbons (Fsp3) is 0.360. The summed E-state index contributed by atoms with van der Waals surface area (Å²) in [4.78, 5) is 37.1. The molecular formula is C25H30N4O4S. The molecule has 3 N–H and O–H groups in total. The Morgan fingerprint density at radius 2 is 1.71 bits per heavy atom. The molecule has 0 bridgehead atoms. The molecule has 0 heterocycles. The molecule has 0 aliphatic carbocycles. The van der Waals surface area contributed by atoms with Crippen LogP contribution in [0.25, 0.3) is 0 Å². The first-order chi connectivity index (χ1) is 16.2. The van der Waals surface area contributed by atoms with Crippen molar-refractivity contribution in [1.82, 2.24) is 16.0 Å². The summed E-state index contributed by atoms with van der Waals surface area (Å²) in [6, 6.07) is 18.4. The van der Waals surface area contributed by atoms with Gasteiger partial charge >= 0.3 is 6.09 Å². The first kappa shape index (κ1) is 26.7. The Morgan fingerprint density at radius 1 is 1.00 bits per heavy atom. The number of alkyl carbamates (subject to hydrolysis) is 1. The van der Waals surface area contributed by atoms with Crippen molar-refractivity contribution in [2.75, 3.05) is 13.1 Å². The zero-order valence-electron chi connectivity index (χ0n) is 19.6. The summed E-state index contributed by atoms with van der Waals surface area (Å²) in [5.74, 6) is -0.0525. The minimum atomic E-state index is -0.597. The van der Waals surface area contributed by atoms with Crippen LogP contribution in [0.4, 0.5) is 4.79 Å². The lowest BCUT2D eigenvalue weighted by atomic mass is 10.1. The lowest BCUT2D eigenvalue weighted by molar-refractivity contribution is -0.120. The van der Waals surface area contributed by atoms with Gasteiger partial charge in [-0.25, -0.2) is 4.79 Å². The third-order valence-corrected chi connectivity index (χ3v) is 5.68. The zero-order valence-corrected chi connectivity index (χ0v) is 20.4. The monoisotopic (exact) mass is 482 g/mol. The van der Waals surface area contributed by atoms with Gasteiger partial charge in [-0.1, -0.05) is 42.5 Å². The average Bonchev–Trinajstić information content (AvgIpc) is 2.81. The fourth-order valence-electron chi connectivity index (χ4n) is 2.84. The Morgan fingerprint density at radius 3 is 2.38 bits per heavy atom. The molecule has 0 saturated heterocycles. The van der Waals surface area contributed by atoms with Gasteiger partial charge in [0.05, 0.1) is 6.07 Å². The van der Waals surface area contributed by atoms with E-state index in [1.165, 1.54) is 11.8 Å². The second kappa shape index (κ2) is 13.3. The molecule has 2 aromatic carbocycles. The number of nitriles is 1. The number of rotatable bonds is 10. The van der Waals surface area contributed by atoms with Crippen LogP contribution >= 0.6 is 11.8 Å². The zero-order chi connectivity index (χ0) is 25.0. The molecule has 9 heteroatoms. The van der Waals surface area contributed by atoms with E-state index in [0.717, 1.165) is 11.1 Å². The van der Waals surface area contributed by atoms with Crippen molar-refractivity contribution in [3.8, 4) is 6.07 Å². The lowest BCUT2D eigenvalue weighted by Gasteiger charge is -2.19. The van der Waals surface area contributed by atoms with Crippen LogP contribution < -0.4 is 16.0 Å². The second-order valence-corrected chi connectivity index (χ2v) is 9.62. The summed E-state index contributed by atoms with van der Waals surface area (Å²) >= 11 is 1.39. The Balaban J connectivity index is 1.95. The van der Waals surface area contributed by atoms with E-state index < -0.39 is 16.9 Å². The number of ether oxygens (including phenoxy) is 1.